The Morgan fingerprint density at radius 1 is 0.978 bits per heavy atom. The summed E-state index contributed by atoms with van der Waals surface area (Å²) in [7, 11) is 2.79. The van der Waals surface area contributed by atoms with Gasteiger partial charge in [-0.15, -0.1) is 0 Å². The molecule has 14 heteroatoms. The average molecular weight is 630 g/mol. The van der Waals surface area contributed by atoms with Gasteiger partial charge < -0.3 is 55.9 Å². The first-order valence-corrected chi connectivity index (χ1v) is 14.8. The number of nitrogens with two attached hydrogens (primary N) is 1. The Balaban J connectivity index is 1.68. The number of ketones is 2. The number of aliphatic hydroxyl groups excluding tert-OH is 5. The molecule has 5 rings (SSSR count). The largest absolute Gasteiger partial charge is 0.507 e. The highest BCUT2D eigenvalue weighted by molar-refractivity contribution is 6.31. The van der Waals surface area contributed by atoms with Crippen LogP contribution in [-0.4, -0.2) is 99.6 Å². The quantitative estimate of drug-likeness (QED) is 0.121. The zero-order chi connectivity index (χ0) is 32.6. The second-order valence-electron chi connectivity index (χ2n) is 11.4. The SMILES string of the molecule is CN=C(N)NCc1c(C2CCCCC2)cc2c(c1O)C(=O)c1c(O[C@H]3O[C@H](CO)[C@@H](O)[C@H](O)[C@H]3O)cc(OC)c(CO)c1C2=O. The van der Waals surface area contributed by atoms with Crippen molar-refractivity contribution in [3.63, 3.8) is 0 Å². The number of aliphatic hydroxyl groups is 5. The van der Waals surface area contributed by atoms with Crippen molar-refractivity contribution in [2.45, 2.75) is 81.9 Å². The number of benzene rings is 2. The summed E-state index contributed by atoms with van der Waals surface area (Å²) < 4.78 is 16.8. The molecular weight excluding hydrogens is 590 g/mol. The van der Waals surface area contributed by atoms with Gasteiger partial charge in [0, 0.05) is 41.9 Å². The molecule has 2 fully saturated rings. The molecule has 0 radical (unpaired) electrons. The van der Waals surface area contributed by atoms with Crippen LogP contribution in [-0.2, 0) is 17.9 Å². The van der Waals surface area contributed by atoms with Crippen molar-refractivity contribution in [3.05, 3.63) is 51.1 Å². The van der Waals surface area contributed by atoms with E-state index in [4.69, 9.17) is 19.9 Å². The number of nitrogens with one attached hydrogen (secondary N) is 1. The van der Waals surface area contributed by atoms with E-state index >= 15 is 0 Å². The summed E-state index contributed by atoms with van der Waals surface area (Å²) in [5, 5.41) is 65.7. The molecule has 1 saturated heterocycles. The van der Waals surface area contributed by atoms with Crippen molar-refractivity contribution < 1.29 is 54.4 Å². The van der Waals surface area contributed by atoms with Gasteiger partial charge in [-0.05, 0) is 30.4 Å². The van der Waals surface area contributed by atoms with E-state index in [9.17, 15) is 40.2 Å². The molecule has 244 valence electrons. The number of guanidine groups is 1. The van der Waals surface area contributed by atoms with E-state index in [-0.39, 0.29) is 57.7 Å². The summed E-state index contributed by atoms with van der Waals surface area (Å²) in [4.78, 5) is 32.5. The molecule has 1 heterocycles. The van der Waals surface area contributed by atoms with Crippen molar-refractivity contribution in [1.82, 2.24) is 5.32 Å². The van der Waals surface area contributed by atoms with Gasteiger partial charge in [0.2, 0.25) is 12.1 Å². The second-order valence-corrected chi connectivity index (χ2v) is 11.4. The zero-order valence-corrected chi connectivity index (χ0v) is 25.0. The van der Waals surface area contributed by atoms with Crippen LogP contribution in [0.2, 0.25) is 0 Å². The number of phenols is 1. The third kappa shape index (κ3) is 5.73. The lowest BCUT2D eigenvalue weighted by atomic mass is 9.75. The molecule has 45 heavy (non-hydrogen) atoms. The summed E-state index contributed by atoms with van der Waals surface area (Å²) >= 11 is 0. The van der Waals surface area contributed by atoms with Crippen LogP contribution in [0.25, 0.3) is 0 Å². The Morgan fingerprint density at radius 2 is 1.69 bits per heavy atom. The van der Waals surface area contributed by atoms with E-state index in [1.807, 2.05) is 0 Å². The second kappa shape index (κ2) is 13.3. The molecule has 2 aliphatic carbocycles. The summed E-state index contributed by atoms with van der Waals surface area (Å²) in [6, 6.07) is 2.85. The fourth-order valence-corrected chi connectivity index (χ4v) is 6.49. The number of carbonyl (C=O) groups is 2. The number of hydrogen-bond acceptors (Lipinski definition) is 12. The summed E-state index contributed by atoms with van der Waals surface area (Å²) in [5.41, 5.74) is 6.11. The molecule has 9 N–H and O–H groups in total. The van der Waals surface area contributed by atoms with Gasteiger partial charge in [-0.3, -0.25) is 14.6 Å². The topological polar surface area (TPSA) is 234 Å². The third-order valence-electron chi connectivity index (χ3n) is 8.93. The first-order valence-electron chi connectivity index (χ1n) is 14.8. The maximum absolute atomic E-state index is 14.3. The van der Waals surface area contributed by atoms with Gasteiger partial charge in [0.25, 0.3) is 0 Å². The number of nitrogens with zero attached hydrogens (tertiary/aromatic N) is 1. The molecule has 0 unspecified atom stereocenters. The zero-order valence-electron chi connectivity index (χ0n) is 25.0. The van der Waals surface area contributed by atoms with Gasteiger partial charge in [0.15, 0.2) is 11.7 Å². The number of carbonyl (C=O) groups excluding carboxylic acids is 2. The van der Waals surface area contributed by atoms with Crippen LogP contribution in [0.1, 0.15) is 86.6 Å². The van der Waals surface area contributed by atoms with E-state index in [0.29, 0.717) is 11.1 Å². The van der Waals surface area contributed by atoms with Crippen LogP contribution in [0, 0.1) is 0 Å². The van der Waals surface area contributed by atoms with Crippen LogP contribution in [0.4, 0.5) is 0 Å². The predicted molar refractivity (Wildman–Crippen MR) is 158 cm³/mol. The summed E-state index contributed by atoms with van der Waals surface area (Å²) in [6.45, 7) is -1.37. The molecule has 0 spiro atoms. The first-order chi connectivity index (χ1) is 21.6. The summed E-state index contributed by atoms with van der Waals surface area (Å²) in [5.74, 6) is -2.07. The molecule has 1 saturated carbocycles. The molecule has 0 bridgehead atoms. The minimum atomic E-state index is -1.82. The number of rotatable bonds is 8. The van der Waals surface area contributed by atoms with Gasteiger partial charge in [0.05, 0.1) is 31.5 Å². The Kier molecular flexibility index (Phi) is 9.63. The fraction of sp³-hybridized carbons (Fsp3) is 0.516. The fourth-order valence-electron chi connectivity index (χ4n) is 6.49. The lowest BCUT2D eigenvalue weighted by molar-refractivity contribution is -0.277. The van der Waals surface area contributed by atoms with E-state index in [0.717, 1.165) is 32.1 Å². The normalized spacial score (nSPS) is 25.5. The number of aliphatic imine (C=N–C) groups is 1. The number of hydrogen-bond donors (Lipinski definition) is 8. The van der Waals surface area contributed by atoms with Crippen LogP contribution in [0.5, 0.6) is 17.2 Å². The molecule has 3 aliphatic rings. The first kappa shape index (κ1) is 32.6. The number of ether oxygens (including phenoxy) is 3. The van der Waals surface area contributed by atoms with Crippen molar-refractivity contribution in [3.8, 4) is 17.2 Å². The highest BCUT2D eigenvalue weighted by Crippen LogP contribution is 2.47. The summed E-state index contributed by atoms with van der Waals surface area (Å²) in [6.07, 6.45) is -3.60. The van der Waals surface area contributed by atoms with E-state index < -0.39 is 61.2 Å². The van der Waals surface area contributed by atoms with E-state index in [1.165, 1.54) is 20.2 Å². The van der Waals surface area contributed by atoms with Crippen LogP contribution >= 0.6 is 0 Å². The van der Waals surface area contributed by atoms with Gasteiger partial charge in [-0.1, -0.05) is 19.3 Å². The molecular formula is C31H39N3O11. The lowest BCUT2D eigenvalue weighted by Gasteiger charge is -2.40. The molecule has 2 aromatic carbocycles. The van der Waals surface area contributed by atoms with Gasteiger partial charge in [0.1, 0.15) is 41.7 Å². The average Bonchev–Trinajstić information content (AvgIpc) is 3.05. The number of methoxy groups -OCH3 is 1. The minimum Gasteiger partial charge on any atom is -0.507 e. The standard InChI is InChI=1S/C31H39N3O11/c1-33-31(32)34-10-16-14(13-6-4-3-5-7-13)8-15-22(25(16)38)27(40)23-19(9-18(43-2)17(11-35)21(23)24(15)37)44-30-29(42)28(41)26(39)20(12-36)45-30/h8-9,13,20,26,28-30,35-36,38-39,41-42H,3-7,10-12H2,1-2H3,(H3,32,33,34)/t20-,26-,28+,29-,30+/m1/s1. The Labute approximate surface area is 259 Å². The van der Waals surface area contributed by atoms with Gasteiger partial charge >= 0.3 is 0 Å². The molecule has 5 atom stereocenters. The van der Waals surface area contributed by atoms with Crippen molar-refractivity contribution in [2.24, 2.45) is 10.7 Å². The number of aromatic hydroxyl groups is 1. The van der Waals surface area contributed by atoms with Crippen LogP contribution in [0.3, 0.4) is 0 Å². The van der Waals surface area contributed by atoms with Crippen molar-refractivity contribution >= 4 is 17.5 Å². The third-order valence-corrected chi connectivity index (χ3v) is 8.93. The number of phenolic OH excluding ortho intramolecular Hbond substituents is 1. The highest BCUT2D eigenvalue weighted by Gasteiger charge is 2.46. The smallest absolute Gasteiger partial charge is 0.229 e. The Bertz CT molecular complexity index is 1500. The highest BCUT2D eigenvalue weighted by atomic mass is 16.7. The molecule has 0 amide bonds. The van der Waals surface area contributed by atoms with E-state index in [1.54, 1.807) is 6.07 Å². The van der Waals surface area contributed by atoms with Crippen LogP contribution in [0.15, 0.2) is 17.1 Å². The predicted octanol–water partition coefficient (Wildman–Crippen LogP) is -0.0710. The monoisotopic (exact) mass is 629 g/mol. The minimum absolute atomic E-state index is 0.00712. The maximum atomic E-state index is 14.3. The molecule has 0 aromatic heterocycles. The van der Waals surface area contributed by atoms with Crippen molar-refractivity contribution in [1.29, 1.82) is 0 Å². The maximum Gasteiger partial charge on any atom is 0.229 e. The van der Waals surface area contributed by atoms with Gasteiger partial charge in [-0.25, -0.2) is 0 Å². The van der Waals surface area contributed by atoms with Crippen molar-refractivity contribution in [2.75, 3.05) is 20.8 Å². The molecule has 14 nitrogen and oxygen atoms in total. The Hall–Kier alpha value is -3.79. The van der Waals surface area contributed by atoms with E-state index in [2.05, 4.69) is 10.3 Å². The lowest BCUT2D eigenvalue weighted by Crippen LogP contribution is -2.60. The van der Waals surface area contributed by atoms with Crippen LogP contribution < -0.4 is 20.5 Å². The van der Waals surface area contributed by atoms with Gasteiger partial charge in [-0.2, -0.15) is 0 Å². The molecule has 1 aliphatic heterocycles. The number of fused-ring (bicyclic) bond motifs is 2. The molecule has 2 aromatic rings. The Morgan fingerprint density at radius 3 is 2.31 bits per heavy atom.